The summed E-state index contributed by atoms with van der Waals surface area (Å²) in [6.07, 6.45) is 6.59. The molecule has 24 heavy (non-hydrogen) atoms. The average molecular weight is 343 g/mol. The normalized spacial score (nSPS) is 16.8. The Labute approximate surface area is 147 Å². The van der Waals surface area contributed by atoms with Crippen LogP contribution in [0.15, 0.2) is 42.1 Å². The summed E-state index contributed by atoms with van der Waals surface area (Å²) in [6, 6.07) is 8.09. The predicted molar refractivity (Wildman–Crippen MR) is 100 cm³/mol. The fraction of sp³-hybridized carbons (Fsp3) is 0.474. The summed E-state index contributed by atoms with van der Waals surface area (Å²) < 4.78 is 2.14. The average Bonchev–Trinajstić information content (AvgIpc) is 2.78. The van der Waals surface area contributed by atoms with Crippen LogP contribution < -0.4 is 0 Å². The monoisotopic (exact) mass is 343 g/mol. The number of thioether (sulfide) groups is 1. The lowest BCUT2D eigenvalue weighted by Gasteiger charge is -2.23. The SMILES string of the molecule is C=CCn1c(SC(C)C(=O)N2CCCCCC2)nc2ccccc21. The van der Waals surface area contributed by atoms with Crippen LogP contribution in [0.2, 0.25) is 0 Å². The summed E-state index contributed by atoms with van der Waals surface area (Å²) in [5, 5.41) is 0.773. The lowest BCUT2D eigenvalue weighted by atomic mass is 10.2. The Kier molecular flexibility index (Phi) is 5.61. The number of allylic oxidation sites excluding steroid dienone is 1. The molecule has 0 N–H and O–H groups in total. The Bertz CT molecular complexity index is 716. The highest BCUT2D eigenvalue weighted by atomic mass is 32.2. The molecule has 5 heteroatoms. The second-order valence-electron chi connectivity index (χ2n) is 6.28. The number of aromatic nitrogens is 2. The topological polar surface area (TPSA) is 38.1 Å². The van der Waals surface area contributed by atoms with Crippen molar-refractivity contribution in [3.8, 4) is 0 Å². The minimum atomic E-state index is -0.122. The summed E-state index contributed by atoms with van der Waals surface area (Å²) in [5.41, 5.74) is 2.06. The fourth-order valence-corrected chi connectivity index (χ4v) is 4.22. The van der Waals surface area contributed by atoms with Crippen molar-refractivity contribution in [1.82, 2.24) is 14.5 Å². The quantitative estimate of drug-likeness (QED) is 0.606. The van der Waals surface area contributed by atoms with Gasteiger partial charge >= 0.3 is 0 Å². The summed E-state index contributed by atoms with van der Waals surface area (Å²) in [6.45, 7) is 8.34. The van der Waals surface area contributed by atoms with Crippen LogP contribution in [0.4, 0.5) is 0 Å². The number of nitrogens with zero attached hydrogens (tertiary/aromatic N) is 3. The first-order chi connectivity index (χ1) is 11.7. The van der Waals surface area contributed by atoms with Crippen molar-refractivity contribution in [3.05, 3.63) is 36.9 Å². The van der Waals surface area contributed by atoms with Gasteiger partial charge in [-0.1, -0.05) is 42.8 Å². The molecule has 1 aromatic heterocycles. The minimum absolute atomic E-state index is 0.122. The molecule has 1 amide bonds. The van der Waals surface area contributed by atoms with E-state index < -0.39 is 0 Å². The van der Waals surface area contributed by atoms with Gasteiger partial charge in [0, 0.05) is 19.6 Å². The van der Waals surface area contributed by atoms with Crippen molar-refractivity contribution < 1.29 is 4.79 Å². The zero-order chi connectivity index (χ0) is 16.9. The van der Waals surface area contributed by atoms with Crippen molar-refractivity contribution in [2.24, 2.45) is 0 Å². The summed E-state index contributed by atoms with van der Waals surface area (Å²) in [7, 11) is 0. The zero-order valence-corrected chi connectivity index (χ0v) is 15.1. The third-order valence-electron chi connectivity index (χ3n) is 4.48. The molecule has 3 rings (SSSR count). The van der Waals surface area contributed by atoms with Gasteiger partial charge in [0.25, 0.3) is 0 Å². The van der Waals surface area contributed by atoms with Crippen LogP contribution in [0.25, 0.3) is 11.0 Å². The van der Waals surface area contributed by atoms with Crippen molar-refractivity contribution in [2.45, 2.75) is 49.6 Å². The number of hydrogen-bond donors (Lipinski definition) is 0. The van der Waals surface area contributed by atoms with Gasteiger partial charge in [-0.05, 0) is 31.9 Å². The van der Waals surface area contributed by atoms with E-state index in [0.717, 1.165) is 42.1 Å². The minimum Gasteiger partial charge on any atom is -0.342 e. The first-order valence-corrected chi connectivity index (χ1v) is 9.60. The zero-order valence-electron chi connectivity index (χ0n) is 14.3. The highest BCUT2D eigenvalue weighted by Crippen LogP contribution is 2.28. The molecule has 0 spiro atoms. The van der Waals surface area contributed by atoms with Gasteiger partial charge in [-0.2, -0.15) is 0 Å². The largest absolute Gasteiger partial charge is 0.342 e. The van der Waals surface area contributed by atoms with Crippen molar-refractivity contribution >= 4 is 28.7 Å². The van der Waals surface area contributed by atoms with E-state index in [4.69, 9.17) is 4.98 Å². The molecule has 0 saturated carbocycles. The third kappa shape index (κ3) is 3.66. The van der Waals surface area contributed by atoms with E-state index in [9.17, 15) is 4.79 Å². The molecular formula is C19H25N3OS. The number of fused-ring (bicyclic) bond motifs is 1. The molecule has 1 aliphatic rings. The molecule has 128 valence electrons. The van der Waals surface area contributed by atoms with Crippen molar-refractivity contribution in [3.63, 3.8) is 0 Å². The van der Waals surface area contributed by atoms with Crippen molar-refractivity contribution in [2.75, 3.05) is 13.1 Å². The molecule has 2 aromatic rings. The molecule has 1 saturated heterocycles. The number of para-hydroxylation sites is 2. The first-order valence-electron chi connectivity index (χ1n) is 8.72. The number of benzene rings is 1. The highest BCUT2D eigenvalue weighted by molar-refractivity contribution is 8.00. The lowest BCUT2D eigenvalue weighted by molar-refractivity contribution is -0.130. The summed E-state index contributed by atoms with van der Waals surface area (Å²) in [5.74, 6) is 0.235. The van der Waals surface area contributed by atoms with E-state index in [1.807, 2.05) is 36.1 Å². The predicted octanol–water partition coefficient (Wildman–Crippen LogP) is 4.11. The van der Waals surface area contributed by atoms with Gasteiger partial charge in [0.05, 0.1) is 16.3 Å². The van der Waals surface area contributed by atoms with E-state index in [0.29, 0.717) is 6.54 Å². The van der Waals surface area contributed by atoms with Gasteiger partial charge in [0.2, 0.25) is 5.91 Å². The number of likely N-dealkylation sites (tertiary alicyclic amines) is 1. The lowest BCUT2D eigenvalue weighted by Crippen LogP contribution is -2.37. The molecule has 1 aromatic carbocycles. The van der Waals surface area contributed by atoms with Gasteiger partial charge < -0.3 is 9.47 Å². The fourth-order valence-electron chi connectivity index (χ4n) is 3.21. The molecule has 1 fully saturated rings. The molecule has 0 radical (unpaired) electrons. The van der Waals surface area contributed by atoms with E-state index in [1.54, 1.807) is 11.8 Å². The number of rotatable bonds is 5. The molecule has 1 aliphatic heterocycles. The standard InChI is InChI=1S/C19H25N3OS/c1-3-12-22-17-11-7-6-10-16(17)20-19(22)24-15(2)18(23)21-13-8-4-5-9-14-21/h3,6-7,10-11,15H,1,4-5,8-9,12-14H2,2H3. The number of imidazole rings is 1. The maximum Gasteiger partial charge on any atom is 0.235 e. The maximum atomic E-state index is 12.8. The summed E-state index contributed by atoms with van der Waals surface area (Å²) >= 11 is 1.56. The van der Waals surface area contributed by atoms with E-state index in [1.165, 1.54) is 12.8 Å². The maximum absolute atomic E-state index is 12.8. The van der Waals surface area contributed by atoms with Crippen molar-refractivity contribution in [1.29, 1.82) is 0 Å². The molecule has 1 unspecified atom stereocenters. The first kappa shape index (κ1) is 17.1. The van der Waals surface area contributed by atoms with Crippen LogP contribution >= 0.6 is 11.8 Å². The van der Waals surface area contributed by atoms with Crippen LogP contribution in [0.5, 0.6) is 0 Å². The molecule has 0 bridgehead atoms. The summed E-state index contributed by atoms with van der Waals surface area (Å²) in [4.78, 5) is 19.5. The Morgan fingerprint density at radius 1 is 1.29 bits per heavy atom. The van der Waals surface area contributed by atoms with Crippen LogP contribution in [-0.4, -0.2) is 38.7 Å². The Morgan fingerprint density at radius 2 is 2.00 bits per heavy atom. The molecule has 4 nitrogen and oxygen atoms in total. The Balaban J connectivity index is 1.79. The molecular weight excluding hydrogens is 318 g/mol. The second kappa shape index (κ2) is 7.88. The van der Waals surface area contributed by atoms with Gasteiger partial charge in [0.15, 0.2) is 5.16 Å². The van der Waals surface area contributed by atoms with Crippen LogP contribution in [0.1, 0.15) is 32.6 Å². The van der Waals surface area contributed by atoms with Crippen LogP contribution in [0, 0.1) is 0 Å². The second-order valence-corrected chi connectivity index (χ2v) is 7.59. The molecule has 0 aliphatic carbocycles. The Morgan fingerprint density at radius 3 is 2.71 bits per heavy atom. The number of hydrogen-bond acceptors (Lipinski definition) is 3. The van der Waals surface area contributed by atoms with E-state index in [-0.39, 0.29) is 11.2 Å². The van der Waals surface area contributed by atoms with Crippen LogP contribution in [0.3, 0.4) is 0 Å². The Hall–Kier alpha value is -1.75. The van der Waals surface area contributed by atoms with Gasteiger partial charge in [0.1, 0.15) is 0 Å². The van der Waals surface area contributed by atoms with E-state index >= 15 is 0 Å². The third-order valence-corrected chi connectivity index (χ3v) is 5.56. The molecule has 1 atom stereocenters. The number of carbonyl (C=O) groups excluding carboxylic acids is 1. The highest BCUT2D eigenvalue weighted by Gasteiger charge is 2.24. The number of carbonyl (C=O) groups is 1. The molecule has 2 heterocycles. The van der Waals surface area contributed by atoms with Gasteiger partial charge in [-0.25, -0.2) is 4.98 Å². The smallest absolute Gasteiger partial charge is 0.235 e. The van der Waals surface area contributed by atoms with Crippen LogP contribution in [-0.2, 0) is 11.3 Å². The van der Waals surface area contributed by atoms with E-state index in [2.05, 4.69) is 17.2 Å². The number of amides is 1. The van der Waals surface area contributed by atoms with Gasteiger partial charge in [-0.3, -0.25) is 4.79 Å². The van der Waals surface area contributed by atoms with Gasteiger partial charge in [-0.15, -0.1) is 6.58 Å².